The molecule has 0 fully saturated rings. The quantitative estimate of drug-likeness (QED) is 0.155. The molecule has 1 N–H and O–H groups in total. The highest BCUT2D eigenvalue weighted by molar-refractivity contribution is 6.89. The Balaban J connectivity index is 1.43. The van der Waals surface area contributed by atoms with Crippen LogP contribution < -0.4 is 10.4 Å². The molecule has 4 nitrogen and oxygen atoms in total. The second-order valence-electron chi connectivity index (χ2n) is 23.5. The van der Waals surface area contributed by atoms with E-state index in [2.05, 4.69) is 240 Å². The maximum absolute atomic E-state index is 12.6. The van der Waals surface area contributed by atoms with Gasteiger partial charge in [0.15, 0.2) is 0 Å². The molecule has 0 aliphatic rings. The van der Waals surface area contributed by atoms with Crippen molar-refractivity contribution in [2.24, 2.45) is 0 Å². The number of phenols is 1. The molecule has 8 aromatic rings. The van der Waals surface area contributed by atoms with Crippen LogP contribution in [-0.4, -0.2) is 35.8 Å². The third-order valence-electron chi connectivity index (χ3n) is 13.1. The van der Waals surface area contributed by atoms with E-state index in [0.717, 1.165) is 72.5 Å². The van der Waals surface area contributed by atoms with E-state index in [1.807, 2.05) is 6.20 Å². The standard InChI is InChI=1S/C60H69N3OSi2/c1-58(2,3)44-33-42(32-43(34-44)52-35-41(30-31-61-52)39-24-26-46(27-25-39)65(10,11)12)48-22-19-23-54-55(48)62-57(50-36-45(59(4,5)6)37-51(56(50)64)60(7,8)9)63(54)53-29-28-47(66(13,14)15)38-49(53)40-20-17-16-18-21-40/h16-38,64H,1-15H3. The number of para-hydroxylation sites is 1. The number of hydrogen-bond acceptors (Lipinski definition) is 3. The van der Waals surface area contributed by atoms with Crippen molar-refractivity contribution in [3.63, 3.8) is 0 Å². The van der Waals surface area contributed by atoms with Crippen molar-refractivity contribution in [2.45, 2.75) is 118 Å². The van der Waals surface area contributed by atoms with E-state index in [1.54, 1.807) is 0 Å². The first-order chi connectivity index (χ1) is 30.8. The van der Waals surface area contributed by atoms with E-state index in [9.17, 15) is 5.11 Å². The van der Waals surface area contributed by atoms with Crippen molar-refractivity contribution in [1.82, 2.24) is 14.5 Å². The number of aromatic nitrogens is 3. The molecule has 0 saturated carbocycles. The van der Waals surface area contributed by atoms with Gasteiger partial charge < -0.3 is 5.11 Å². The van der Waals surface area contributed by atoms with Gasteiger partial charge in [-0.15, -0.1) is 0 Å². The summed E-state index contributed by atoms with van der Waals surface area (Å²) in [6.45, 7) is 34.5. The van der Waals surface area contributed by atoms with Crippen molar-refractivity contribution in [1.29, 1.82) is 0 Å². The molecule has 6 aromatic carbocycles. The van der Waals surface area contributed by atoms with Crippen LogP contribution in [0, 0.1) is 0 Å². The zero-order valence-electron chi connectivity index (χ0n) is 42.1. The Morgan fingerprint density at radius 2 is 1.09 bits per heavy atom. The van der Waals surface area contributed by atoms with Gasteiger partial charge in [0.25, 0.3) is 0 Å². The second-order valence-corrected chi connectivity index (χ2v) is 33.7. The average Bonchev–Trinajstić information content (AvgIpc) is 3.64. The van der Waals surface area contributed by atoms with E-state index in [4.69, 9.17) is 9.97 Å². The first-order valence-electron chi connectivity index (χ1n) is 23.6. The van der Waals surface area contributed by atoms with E-state index in [0.29, 0.717) is 5.82 Å². The predicted molar refractivity (Wildman–Crippen MR) is 290 cm³/mol. The van der Waals surface area contributed by atoms with Gasteiger partial charge in [0.05, 0.1) is 44.1 Å². The number of pyridine rings is 1. The Morgan fingerprint density at radius 3 is 1.71 bits per heavy atom. The Hall–Kier alpha value is -5.83. The van der Waals surface area contributed by atoms with Gasteiger partial charge in [-0.05, 0) is 92.1 Å². The number of imidazole rings is 1. The zero-order valence-corrected chi connectivity index (χ0v) is 44.1. The molecule has 0 atom stereocenters. The van der Waals surface area contributed by atoms with Gasteiger partial charge in [0.2, 0.25) is 0 Å². The molecular weight excluding hydrogens is 835 g/mol. The zero-order chi connectivity index (χ0) is 47.7. The monoisotopic (exact) mass is 903 g/mol. The molecule has 8 rings (SSSR count). The largest absolute Gasteiger partial charge is 0.507 e. The van der Waals surface area contributed by atoms with Crippen molar-refractivity contribution < 1.29 is 5.11 Å². The van der Waals surface area contributed by atoms with Crippen LogP contribution in [-0.2, 0) is 16.2 Å². The molecule has 2 aromatic heterocycles. The topological polar surface area (TPSA) is 50.9 Å². The summed E-state index contributed by atoms with van der Waals surface area (Å²) in [5.74, 6) is 0.984. The van der Waals surface area contributed by atoms with E-state index < -0.39 is 16.1 Å². The molecule has 0 aliphatic heterocycles. The van der Waals surface area contributed by atoms with Crippen LogP contribution in [0.2, 0.25) is 39.3 Å². The fraction of sp³-hybridized carbons (Fsp3) is 0.300. The molecule has 6 heteroatoms. The minimum Gasteiger partial charge on any atom is -0.507 e. The summed E-state index contributed by atoms with van der Waals surface area (Å²) in [6, 6.07) is 49.1. The van der Waals surface area contributed by atoms with Gasteiger partial charge in [0.1, 0.15) is 11.6 Å². The molecule has 0 saturated heterocycles. The Kier molecular flexibility index (Phi) is 11.9. The summed E-state index contributed by atoms with van der Waals surface area (Å²) in [5, 5.41) is 15.4. The van der Waals surface area contributed by atoms with Gasteiger partial charge in [-0.3, -0.25) is 9.55 Å². The van der Waals surface area contributed by atoms with Crippen LogP contribution in [0.15, 0.2) is 140 Å². The highest BCUT2D eigenvalue weighted by atomic mass is 28.3. The maximum atomic E-state index is 12.6. The van der Waals surface area contributed by atoms with Crippen LogP contribution in [0.25, 0.3) is 72.7 Å². The molecule has 2 heterocycles. The normalized spacial score (nSPS) is 12.8. The van der Waals surface area contributed by atoms with E-state index in [1.165, 1.54) is 21.5 Å². The van der Waals surface area contributed by atoms with Crippen LogP contribution in [0.4, 0.5) is 0 Å². The fourth-order valence-electron chi connectivity index (χ4n) is 8.91. The van der Waals surface area contributed by atoms with Crippen molar-refractivity contribution >= 4 is 37.6 Å². The SMILES string of the molecule is CC(C)(C)c1cc(-c2cc(-c3ccc([Si](C)(C)C)cc3)ccn2)cc(-c2cccc3c2nc(-c2cc(C(C)(C)C)cc(C(C)(C)C)c2O)n3-c2ccc([Si](C)(C)C)cc2-c2ccccc2)c1. The maximum Gasteiger partial charge on any atom is 0.149 e. The summed E-state index contributed by atoms with van der Waals surface area (Å²) in [7, 11) is -3.14. The predicted octanol–water partition coefficient (Wildman–Crippen LogP) is 15.4. The lowest BCUT2D eigenvalue weighted by atomic mass is 9.79. The Morgan fingerprint density at radius 1 is 0.470 bits per heavy atom. The number of fused-ring (bicyclic) bond motifs is 1. The molecule has 0 amide bonds. The number of rotatable bonds is 8. The van der Waals surface area contributed by atoms with Crippen molar-refractivity contribution in [3.8, 4) is 67.5 Å². The summed E-state index contributed by atoms with van der Waals surface area (Å²) in [6.07, 6.45) is 1.94. The molecule has 0 unspecified atom stereocenters. The highest BCUT2D eigenvalue weighted by Crippen LogP contribution is 2.46. The lowest BCUT2D eigenvalue weighted by Gasteiger charge is -2.28. The van der Waals surface area contributed by atoms with Crippen molar-refractivity contribution in [3.05, 3.63) is 156 Å². The molecule has 0 spiro atoms. The van der Waals surface area contributed by atoms with E-state index in [-0.39, 0.29) is 22.0 Å². The van der Waals surface area contributed by atoms with Crippen LogP contribution >= 0.6 is 0 Å². The van der Waals surface area contributed by atoms with Crippen LogP contribution in [0.1, 0.15) is 79.0 Å². The lowest BCUT2D eigenvalue weighted by molar-refractivity contribution is 0.446. The minimum atomic E-state index is -1.71. The first kappa shape index (κ1) is 46.7. The molecule has 66 heavy (non-hydrogen) atoms. The minimum absolute atomic E-state index is 0.140. The number of aromatic hydroxyl groups is 1. The third kappa shape index (κ3) is 9.28. The summed E-state index contributed by atoms with van der Waals surface area (Å²) < 4.78 is 2.32. The Labute approximate surface area is 396 Å². The van der Waals surface area contributed by atoms with Gasteiger partial charge in [-0.25, -0.2) is 4.98 Å². The third-order valence-corrected chi connectivity index (χ3v) is 17.3. The van der Waals surface area contributed by atoms with Crippen molar-refractivity contribution in [2.75, 3.05) is 0 Å². The molecule has 0 aliphatic carbocycles. The summed E-state index contributed by atoms with van der Waals surface area (Å²) in [5.41, 5.74) is 15.0. The summed E-state index contributed by atoms with van der Waals surface area (Å²) in [4.78, 5) is 10.7. The molecule has 338 valence electrons. The van der Waals surface area contributed by atoms with Gasteiger partial charge >= 0.3 is 0 Å². The number of benzene rings is 6. The first-order valence-corrected chi connectivity index (χ1v) is 30.6. The van der Waals surface area contributed by atoms with Crippen LogP contribution in [0.3, 0.4) is 0 Å². The average molecular weight is 904 g/mol. The highest BCUT2D eigenvalue weighted by Gasteiger charge is 2.30. The fourth-order valence-corrected chi connectivity index (χ4v) is 11.2. The Bertz CT molecular complexity index is 3090. The molecule has 0 bridgehead atoms. The van der Waals surface area contributed by atoms with Gasteiger partial charge in [0, 0.05) is 28.5 Å². The van der Waals surface area contributed by atoms with Gasteiger partial charge in [-0.1, -0.05) is 203 Å². The number of nitrogens with zero attached hydrogens (tertiary/aromatic N) is 3. The van der Waals surface area contributed by atoms with Crippen LogP contribution in [0.5, 0.6) is 5.75 Å². The number of phenolic OH excluding ortho intramolecular Hbond substituents is 1. The number of hydrogen-bond donors (Lipinski definition) is 1. The summed E-state index contributed by atoms with van der Waals surface area (Å²) >= 11 is 0. The second kappa shape index (κ2) is 16.8. The lowest BCUT2D eigenvalue weighted by Crippen LogP contribution is -2.37. The molecular formula is C60H69N3OSi2. The molecule has 0 radical (unpaired) electrons. The van der Waals surface area contributed by atoms with Gasteiger partial charge in [-0.2, -0.15) is 0 Å². The smallest absolute Gasteiger partial charge is 0.149 e. The van der Waals surface area contributed by atoms with E-state index >= 15 is 0 Å².